The Morgan fingerprint density at radius 3 is 1.70 bits per heavy atom. The van der Waals surface area contributed by atoms with Crippen LogP contribution in [0.15, 0.2) is 72.4 Å². The van der Waals surface area contributed by atoms with Gasteiger partial charge in [-0.05, 0) is 11.1 Å². The van der Waals surface area contributed by atoms with Gasteiger partial charge in [0.2, 0.25) is 0 Å². The first-order valence-corrected chi connectivity index (χ1v) is 8.37. The average molecular weight is 367 g/mol. The van der Waals surface area contributed by atoms with Crippen LogP contribution in [0.3, 0.4) is 0 Å². The van der Waals surface area contributed by atoms with Crippen LogP contribution in [0.4, 0.5) is 4.39 Å². The minimum absolute atomic E-state index is 0.201. The van der Waals surface area contributed by atoms with E-state index in [2.05, 4.69) is 5.32 Å². The lowest BCUT2D eigenvalue weighted by Crippen LogP contribution is -2.39. The van der Waals surface area contributed by atoms with E-state index in [0.29, 0.717) is 0 Å². The van der Waals surface area contributed by atoms with Crippen molar-refractivity contribution < 1.29 is 18.8 Å². The molecule has 7 heteroatoms. The molecule has 0 aromatic heterocycles. The Hall–Kier alpha value is -3.48. The van der Waals surface area contributed by atoms with Crippen LogP contribution in [0.5, 0.6) is 0 Å². The van der Waals surface area contributed by atoms with Gasteiger partial charge in [0, 0.05) is 6.20 Å². The van der Waals surface area contributed by atoms with Gasteiger partial charge in [-0.2, -0.15) is 0 Å². The number of carbonyl (C=O) groups excluding carboxylic acids is 3. The van der Waals surface area contributed by atoms with Gasteiger partial charge in [-0.1, -0.05) is 60.7 Å². The number of hydrogen-bond donors (Lipinski definition) is 1. The standard InChI is InChI=1S/C20H18FN3O3/c21-11-18(25)22-12-17-19(26)23(13-15-7-3-1-4-8-15)24(20(17)27)14-16-9-5-2-6-10-16/h1-10,12H,11,13-14H2,(H,22,25). The second-order valence-electron chi connectivity index (χ2n) is 5.96. The molecule has 0 spiro atoms. The van der Waals surface area contributed by atoms with E-state index >= 15 is 0 Å². The highest BCUT2D eigenvalue weighted by molar-refractivity contribution is 6.22. The lowest BCUT2D eigenvalue weighted by Gasteiger charge is -2.27. The number of nitrogens with one attached hydrogen (secondary N) is 1. The van der Waals surface area contributed by atoms with Gasteiger partial charge in [0.1, 0.15) is 5.57 Å². The maximum Gasteiger partial charge on any atom is 0.279 e. The highest BCUT2D eigenvalue weighted by atomic mass is 19.1. The summed E-state index contributed by atoms with van der Waals surface area (Å²) in [6.45, 7) is -0.826. The highest BCUT2D eigenvalue weighted by Crippen LogP contribution is 2.24. The maximum atomic E-state index is 12.8. The number of amides is 3. The van der Waals surface area contributed by atoms with Gasteiger partial charge >= 0.3 is 0 Å². The first-order chi connectivity index (χ1) is 13.1. The fourth-order valence-corrected chi connectivity index (χ4v) is 2.73. The van der Waals surface area contributed by atoms with E-state index in [1.54, 1.807) is 0 Å². The maximum absolute atomic E-state index is 12.8. The van der Waals surface area contributed by atoms with Crippen LogP contribution in [0.1, 0.15) is 11.1 Å². The van der Waals surface area contributed by atoms with Crippen molar-refractivity contribution in [1.29, 1.82) is 0 Å². The van der Waals surface area contributed by atoms with Crippen LogP contribution in [0.25, 0.3) is 0 Å². The highest BCUT2D eigenvalue weighted by Gasteiger charge is 2.41. The Morgan fingerprint density at radius 2 is 1.30 bits per heavy atom. The van der Waals surface area contributed by atoms with E-state index < -0.39 is 24.4 Å². The molecule has 0 aliphatic carbocycles. The van der Waals surface area contributed by atoms with Gasteiger partial charge in [0.25, 0.3) is 17.7 Å². The van der Waals surface area contributed by atoms with Gasteiger partial charge in [0.05, 0.1) is 13.1 Å². The first-order valence-electron chi connectivity index (χ1n) is 8.37. The molecule has 0 atom stereocenters. The van der Waals surface area contributed by atoms with Crippen LogP contribution in [0.2, 0.25) is 0 Å². The number of benzene rings is 2. The molecule has 1 N–H and O–H groups in total. The Labute approximate surface area is 155 Å². The van der Waals surface area contributed by atoms with E-state index in [1.165, 1.54) is 10.0 Å². The number of rotatable bonds is 6. The molecule has 2 aromatic carbocycles. The SMILES string of the molecule is O=C(CF)NC=C1C(=O)N(Cc2ccccc2)N(Cc2ccccc2)C1=O. The van der Waals surface area contributed by atoms with Gasteiger partial charge in [0.15, 0.2) is 6.67 Å². The topological polar surface area (TPSA) is 69.7 Å². The third kappa shape index (κ3) is 4.20. The van der Waals surface area contributed by atoms with Crippen molar-refractivity contribution in [2.45, 2.75) is 13.1 Å². The van der Waals surface area contributed by atoms with Gasteiger partial charge in [-0.3, -0.25) is 14.4 Å². The number of hydrazine groups is 1. The zero-order valence-electron chi connectivity index (χ0n) is 14.5. The number of nitrogens with zero attached hydrogens (tertiary/aromatic N) is 2. The van der Waals surface area contributed by atoms with Gasteiger partial charge in [-0.25, -0.2) is 14.4 Å². The smallest absolute Gasteiger partial charge is 0.279 e. The molecule has 3 amide bonds. The lowest BCUT2D eigenvalue weighted by atomic mass is 10.2. The normalized spacial score (nSPS) is 13.9. The molecule has 1 saturated heterocycles. The van der Waals surface area contributed by atoms with Crippen LogP contribution in [-0.2, 0) is 27.5 Å². The lowest BCUT2D eigenvalue weighted by molar-refractivity contribution is -0.149. The number of alkyl halides is 1. The molecule has 1 heterocycles. The van der Waals surface area contributed by atoms with Crippen molar-refractivity contribution >= 4 is 17.7 Å². The van der Waals surface area contributed by atoms with Crippen LogP contribution >= 0.6 is 0 Å². The predicted octanol–water partition coefficient (Wildman–Crippen LogP) is 1.94. The van der Waals surface area contributed by atoms with Crippen molar-refractivity contribution in [3.63, 3.8) is 0 Å². The van der Waals surface area contributed by atoms with E-state index in [1.807, 2.05) is 60.7 Å². The fourth-order valence-electron chi connectivity index (χ4n) is 2.73. The molecule has 1 aliphatic heterocycles. The third-order valence-electron chi connectivity index (χ3n) is 4.07. The summed E-state index contributed by atoms with van der Waals surface area (Å²) in [4.78, 5) is 36.7. The molecule has 0 radical (unpaired) electrons. The van der Waals surface area contributed by atoms with Crippen LogP contribution in [-0.4, -0.2) is 34.4 Å². The van der Waals surface area contributed by atoms with Gasteiger partial charge in [-0.15, -0.1) is 0 Å². The first kappa shape index (κ1) is 18.3. The second kappa shape index (κ2) is 8.27. The Bertz CT molecular complexity index is 807. The summed E-state index contributed by atoms with van der Waals surface area (Å²) in [6.07, 6.45) is 0.982. The summed E-state index contributed by atoms with van der Waals surface area (Å²) in [5, 5.41) is 4.80. The number of hydrogen-bond acceptors (Lipinski definition) is 3. The fraction of sp³-hybridized carbons (Fsp3) is 0.150. The molecule has 0 bridgehead atoms. The van der Waals surface area contributed by atoms with E-state index in [0.717, 1.165) is 17.3 Å². The third-order valence-corrected chi connectivity index (χ3v) is 4.07. The van der Waals surface area contributed by atoms with Crippen molar-refractivity contribution in [1.82, 2.24) is 15.3 Å². The Morgan fingerprint density at radius 1 is 0.852 bits per heavy atom. The number of carbonyl (C=O) groups is 3. The minimum atomic E-state index is -1.23. The summed E-state index contributed by atoms with van der Waals surface area (Å²) < 4.78 is 12.4. The molecular formula is C20H18FN3O3. The molecule has 1 aliphatic rings. The molecule has 1 fully saturated rings. The summed E-state index contributed by atoms with van der Waals surface area (Å²) in [6, 6.07) is 18.5. The van der Waals surface area contributed by atoms with Crippen molar-refractivity contribution in [3.8, 4) is 0 Å². The molecular weight excluding hydrogens is 349 g/mol. The molecule has 3 rings (SSSR count). The molecule has 27 heavy (non-hydrogen) atoms. The Kier molecular flexibility index (Phi) is 5.61. The van der Waals surface area contributed by atoms with Crippen molar-refractivity contribution in [2.75, 3.05) is 6.67 Å². The molecule has 0 saturated carbocycles. The largest absolute Gasteiger partial charge is 0.329 e. The summed E-state index contributed by atoms with van der Waals surface area (Å²) >= 11 is 0. The predicted molar refractivity (Wildman–Crippen MR) is 96.2 cm³/mol. The molecule has 0 unspecified atom stereocenters. The zero-order valence-corrected chi connectivity index (χ0v) is 14.5. The van der Waals surface area contributed by atoms with Crippen molar-refractivity contribution in [2.24, 2.45) is 0 Å². The minimum Gasteiger partial charge on any atom is -0.329 e. The molecule has 6 nitrogen and oxygen atoms in total. The second-order valence-corrected chi connectivity index (χ2v) is 5.96. The van der Waals surface area contributed by atoms with Crippen LogP contribution < -0.4 is 5.32 Å². The van der Waals surface area contributed by atoms with E-state index in [-0.39, 0.29) is 18.7 Å². The van der Waals surface area contributed by atoms with Crippen LogP contribution in [0, 0.1) is 0 Å². The quantitative estimate of drug-likeness (QED) is 0.627. The number of halogens is 1. The summed E-state index contributed by atoms with van der Waals surface area (Å²) in [5.74, 6) is -2.00. The van der Waals surface area contributed by atoms with Crippen molar-refractivity contribution in [3.05, 3.63) is 83.6 Å². The zero-order chi connectivity index (χ0) is 19.2. The summed E-state index contributed by atoms with van der Waals surface area (Å²) in [7, 11) is 0. The molecule has 2 aromatic rings. The van der Waals surface area contributed by atoms with E-state index in [4.69, 9.17) is 0 Å². The van der Waals surface area contributed by atoms with Gasteiger partial charge < -0.3 is 5.32 Å². The van der Waals surface area contributed by atoms with E-state index in [9.17, 15) is 18.8 Å². The summed E-state index contributed by atoms with van der Waals surface area (Å²) in [5.41, 5.74) is 1.50. The average Bonchev–Trinajstić information content (AvgIpc) is 2.91. The Balaban J connectivity index is 1.89. The molecule has 138 valence electrons. The monoisotopic (exact) mass is 367 g/mol.